The third-order valence-electron chi connectivity index (χ3n) is 3.26. The number of nitrogens with zero attached hydrogens (tertiary/aromatic N) is 2. The Bertz CT molecular complexity index is 369. The number of carbonyl (C=O) groups is 1. The minimum atomic E-state index is -0.470. The smallest absolute Gasteiger partial charge is 0.411 e. The van der Waals surface area contributed by atoms with Gasteiger partial charge in [-0.05, 0) is 20.8 Å². The number of hydrogen-bond acceptors (Lipinski definition) is 4. The van der Waals surface area contributed by atoms with Gasteiger partial charge in [0.2, 0.25) is 0 Å². The van der Waals surface area contributed by atoms with Crippen molar-refractivity contribution < 1.29 is 14.3 Å². The van der Waals surface area contributed by atoms with Crippen molar-refractivity contribution >= 4 is 6.09 Å². The van der Waals surface area contributed by atoms with Gasteiger partial charge in [0.25, 0.3) is 0 Å². The van der Waals surface area contributed by atoms with Gasteiger partial charge >= 0.3 is 6.09 Å². The fourth-order valence-electron chi connectivity index (χ4n) is 2.62. The summed E-state index contributed by atoms with van der Waals surface area (Å²) < 4.78 is 11.0. The van der Waals surface area contributed by atoms with E-state index in [-0.39, 0.29) is 18.2 Å². The Balaban J connectivity index is 2.06. The van der Waals surface area contributed by atoms with Gasteiger partial charge in [0.15, 0.2) is 0 Å². The second kappa shape index (κ2) is 5.40. The summed E-state index contributed by atoms with van der Waals surface area (Å²) >= 11 is 0. The second-order valence-electron chi connectivity index (χ2n) is 6.13. The lowest BCUT2D eigenvalue weighted by Crippen LogP contribution is -2.66. The first-order valence-corrected chi connectivity index (χ1v) is 6.65. The van der Waals surface area contributed by atoms with E-state index in [2.05, 4.69) is 10.8 Å². The zero-order valence-electron chi connectivity index (χ0n) is 11.9. The zero-order chi connectivity index (χ0) is 14.0. The molecule has 5 heteroatoms. The fourth-order valence-corrected chi connectivity index (χ4v) is 2.62. The van der Waals surface area contributed by atoms with Crippen molar-refractivity contribution in [2.75, 3.05) is 32.8 Å². The van der Waals surface area contributed by atoms with Gasteiger partial charge < -0.3 is 9.47 Å². The number of morpholine rings is 1. The molecule has 0 radical (unpaired) electrons. The molecule has 1 amide bonds. The first kappa shape index (κ1) is 14.2. The SMILES string of the molecule is C#CCN1CC2COCC(C1)N2C(=O)OC(C)(C)C. The minimum Gasteiger partial charge on any atom is -0.444 e. The molecule has 0 saturated carbocycles. The zero-order valence-corrected chi connectivity index (χ0v) is 11.9. The van der Waals surface area contributed by atoms with Crippen LogP contribution < -0.4 is 0 Å². The molecule has 2 aliphatic rings. The lowest BCUT2D eigenvalue weighted by atomic mass is 10.1. The third-order valence-corrected chi connectivity index (χ3v) is 3.26. The van der Waals surface area contributed by atoms with Crippen molar-refractivity contribution in [2.45, 2.75) is 38.5 Å². The summed E-state index contributed by atoms with van der Waals surface area (Å²) in [6.45, 7) is 8.87. The van der Waals surface area contributed by atoms with E-state index in [0.29, 0.717) is 19.8 Å². The van der Waals surface area contributed by atoms with Crippen molar-refractivity contribution in [1.29, 1.82) is 0 Å². The quantitative estimate of drug-likeness (QED) is 0.662. The summed E-state index contributed by atoms with van der Waals surface area (Å²) in [6.07, 6.45) is 5.11. The number of fused-ring (bicyclic) bond motifs is 2. The number of ether oxygens (including phenoxy) is 2. The molecule has 5 nitrogen and oxygen atoms in total. The van der Waals surface area contributed by atoms with E-state index in [0.717, 1.165) is 13.1 Å². The van der Waals surface area contributed by atoms with Crippen molar-refractivity contribution in [3.63, 3.8) is 0 Å². The largest absolute Gasteiger partial charge is 0.444 e. The molecule has 2 rings (SSSR count). The van der Waals surface area contributed by atoms with Gasteiger partial charge in [0.05, 0.1) is 31.8 Å². The summed E-state index contributed by atoms with van der Waals surface area (Å²) in [6, 6.07) is 0.0754. The van der Waals surface area contributed by atoms with Crippen LogP contribution in [-0.4, -0.2) is 66.4 Å². The molecular formula is C14H22N2O3. The van der Waals surface area contributed by atoms with E-state index in [1.165, 1.54) is 0 Å². The number of piperazine rings is 1. The second-order valence-corrected chi connectivity index (χ2v) is 6.13. The van der Waals surface area contributed by atoms with Gasteiger partial charge in [0, 0.05) is 13.1 Å². The molecule has 2 fully saturated rings. The van der Waals surface area contributed by atoms with Crippen LogP contribution in [0.3, 0.4) is 0 Å². The maximum absolute atomic E-state index is 12.3. The molecule has 0 N–H and O–H groups in total. The van der Waals surface area contributed by atoms with Gasteiger partial charge in [-0.15, -0.1) is 6.42 Å². The lowest BCUT2D eigenvalue weighted by Gasteiger charge is -2.49. The maximum Gasteiger partial charge on any atom is 0.411 e. The number of carbonyl (C=O) groups excluding carboxylic acids is 1. The van der Waals surface area contributed by atoms with Gasteiger partial charge in [-0.2, -0.15) is 0 Å². The molecule has 106 valence electrons. The van der Waals surface area contributed by atoms with Gasteiger partial charge in [-0.25, -0.2) is 4.79 Å². The Hall–Kier alpha value is -1.25. The molecule has 2 heterocycles. The molecule has 0 aliphatic carbocycles. The highest BCUT2D eigenvalue weighted by Crippen LogP contribution is 2.23. The van der Waals surface area contributed by atoms with Crippen LogP contribution in [0.4, 0.5) is 4.79 Å². The standard InChI is InChI=1S/C14H22N2O3/c1-5-6-15-7-11-9-18-10-12(8-15)16(11)13(17)19-14(2,3)4/h1,11-12H,6-10H2,2-4H3. The predicted molar refractivity (Wildman–Crippen MR) is 71.7 cm³/mol. The molecule has 2 atom stereocenters. The van der Waals surface area contributed by atoms with Crippen LogP contribution in [0.25, 0.3) is 0 Å². The molecule has 19 heavy (non-hydrogen) atoms. The molecule has 2 aliphatic heterocycles. The van der Waals surface area contributed by atoms with Crippen molar-refractivity contribution in [3.8, 4) is 12.3 Å². The van der Waals surface area contributed by atoms with E-state index < -0.39 is 5.60 Å². The number of terminal acetylenes is 1. The average Bonchev–Trinajstić information content (AvgIpc) is 2.25. The number of amides is 1. The molecule has 2 bridgehead atoms. The number of rotatable bonds is 1. The Morgan fingerprint density at radius 2 is 1.95 bits per heavy atom. The highest BCUT2D eigenvalue weighted by molar-refractivity contribution is 5.69. The van der Waals surface area contributed by atoms with Crippen LogP contribution in [0.1, 0.15) is 20.8 Å². The van der Waals surface area contributed by atoms with Crippen molar-refractivity contribution in [3.05, 3.63) is 0 Å². The van der Waals surface area contributed by atoms with Crippen LogP contribution >= 0.6 is 0 Å². The Morgan fingerprint density at radius 1 is 1.37 bits per heavy atom. The predicted octanol–water partition coefficient (Wildman–Crippen LogP) is 0.940. The Morgan fingerprint density at radius 3 is 2.42 bits per heavy atom. The topological polar surface area (TPSA) is 42.0 Å². The van der Waals surface area contributed by atoms with Crippen LogP contribution in [0, 0.1) is 12.3 Å². The molecule has 0 spiro atoms. The summed E-state index contributed by atoms with van der Waals surface area (Å²) in [4.78, 5) is 16.3. The van der Waals surface area contributed by atoms with E-state index >= 15 is 0 Å². The minimum absolute atomic E-state index is 0.0377. The Labute approximate surface area is 114 Å². The van der Waals surface area contributed by atoms with E-state index in [1.54, 1.807) is 0 Å². The van der Waals surface area contributed by atoms with Crippen molar-refractivity contribution in [1.82, 2.24) is 9.80 Å². The highest BCUT2D eigenvalue weighted by atomic mass is 16.6. The summed E-state index contributed by atoms with van der Waals surface area (Å²) in [5.41, 5.74) is -0.470. The van der Waals surface area contributed by atoms with E-state index in [1.807, 2.05) is 25.7 Å². The molecule has 2 unspecified atom stereocenters. The molecule has 0 aromatic heterocycles. The van der Waals surface area contributed by atoms with Crippen LogP contribution in [0.2, 0.25) is 0 Å². The average molecular weight is 266 g/mol. The lowest BCUT2D eigenvalue weighted by molar-refractivity contribution is -0.0953. The first-order valence-electron chi connectivity index (χ1n) is 6.65. The monoisotopic (exact) mass is 266 g/mol. The van der Waals surface area contributed by atoms with Crippen LogP contribution in [0.5, 0.6) is 0 Å². The number of hydrogen-bond donors (Lipinski definition) is 0. The van der Waals surface area contributed by atoms with E-state index in [4.69, 9.17) is 15.9 Å². The van der Waals surface area contributed by atoms with Crippen LogP contribution in [-0.2, 0) is 9.47 Å². The highest BCUT2D eigenvalue weighted by Gasteiger charge is 2.42. The van der Waals surface area contributed by atoms with Crippen molar-refractivity contribution in [2.24, 2.45) is 0 Å². The van der Waals surface area contributed by atoms with Gasteiger partial charge in [0.1, 0.15) is 5.60 Å². The summed E-state index contributed by atoms with van der Waals surface area (Å²) in [5, 5.41) is 0. The molecular weight excluding hydrogens is 244 g/mol. The van der Waals surface area contributed by atoms with Gasteiger partial charge in [-0.3, -0.25) is 9.80 Å². The summed E-state index contributed by atoms with van der Waals surface area (Å²) in [5.74, 6) is 2.66. The third kappa shape index (κ3) is 3.40. The first-order chi connectivity index (χ1) is 8.90. The maximum atomic E-state index is 12.3. The fraction of sp³-hybridized carbons (Fsp3) is 0.786. The molecule has 2 saturated heterocycles. The summed E-state index contributed by atoms with van der Waals surface area (Å²) in [7, 11) is 0. The van der Waals surface area contributed by atoms with Crippen LogP contribution in [0.15, 0.2) is 0 Å². The molecule has 0 aromatic carbocycles. The normalized spacial score (nSPS) is 27.8. The van der Waals surface area contributed by atoms with E-state index in [9.17, 15) is 4.79 Å². The van der Waals surface area contributed by atoms with Gasteiger partial charge in [-0.1, -0.05) is 5.92 Å². The molecule has 0 aromatic rings. The Kier molecular flexibility index (Phi) is 4.02.